The Kier molecular flexibility index (Phi) is 6.85. The molecule has 0 saturated heterocycles. The Morgan fingerprint density at radius 2 is 1.69 bits per heavy atom. The van der Waals surface area contributed by atoms with E-state index in [0.29, 0.717) is 6.42 Å². The summed E-state index contributed by atoms with van der Waals surface area (Å²) in [5.41, 5.74) is 0. The van der Waals surface area contributed by atoms with Gasteiger partial charge in [0.2, 0.25) is 0 Å². The number of hydrogen-bond donors (Lipinski definition) is 0. The minimum atomic E-state index is -1.42. The van der Waals surface area contributed by atoms with E-state index < -0.39 is 9.71 Å². The van der Waals surface area contributed by atoms with E-state index in [1.165, 1.54) is 0 Å². The Morgan fingerprint density at radius 3 is 2.00 bits per heavy atom. The predicted octanol–water partition coefficient (Wildman–Crippen LogP) is 5.45. The van der Waals surface area contributed by atoms with Gasteiger partial charge in [-0.2, -0.15) is 0 Å². The summed E-state index contributed by atoms with van der Waals surface area (Å²) in [4.78, 5) is 0. The molecule has 0 spiro atoms. The molecule has 13 heavy (non-hydrogen) atoms. The lowest BCUT2D eigenvalue weighted by molar-refractivity contribution is 0.708. The third-order valence-electron chi connectivity index (χ3n) is 1.39. The van der Waals surface area contributed by atoms with Crippen LogP contribution in [0.25, 0.3) is 0 Å². The van der Waals surface area contributed by atoms with Gasteiger partial charge in [0.1, 0.15) is 4.49 Å². The molecule has 0 bridgehead atoms. The Labute approximate surface area is 108 Å². The van der Waals surface area contributed by atoms with Crippen LogP contribution in [0, 0.1) is 0 Å². The number of hydrogen-bond acceptors (Lipinski definition) is 0. The summed E-state index contributed by atoms with van der Waals surface area (Å²) in [7, 11) is 0. The molecule has 0 rings (SSSR count). The van der Waals surface area contributed by atoms with Gasteiger partial charge in [-0.25, -0.2) is 0 Å². The van der Waals surface area contributed by atoms with Gasteiger partial charge in [0.15, 0.2) is 4.33 Å². The van der Waals surface area contributed by atoms with Crippen molar-refractivity contribution in [2.45, 2.75) is 29.5 Å². The summed E-state index contributed by atoms with van der Waals surface area (Å²) in [5.74, 6) is 0. The van der Waals surface area contributed by atoms with Crippen LogP contribution in [-0.4, -0.2) is 9.71 Å². The molecule has 0 aliphatic carbocycles. The minimum absolute atomic E-state index is 0.0346. The third-order valence-corrected chi connectivity index (χ3v) is 4.32. The van der Waals surface area contributed by atoms with Crippen molar-refractivity contribution in [1.29, 1.82) is 0 Å². The molecular formula is C7H8Cl6. The van der Waals surface area contributed by atoms with Crippen molar-refractivity contribution in [1.82, 2.24) is 0 Å². The number of rotatable bonds is 4. The van der Waals surface area contributed by atoms with Gasteiger partial charge in [-0.15, -0.1) is 11.6 Å². The molecule has 0 aromatic carbocycles. The Bertz CT molecular complexity index is 193. The molecule has 0 nitrogen and oxygen atoms in total. The first-order valence-corrected chi connectivity index (χ1v) is 5.89. The Morgan fingerprint density at radius 1 is 1.23 bits per heavy atom. The fourth-order valence-corrected chi connectivity index (χ4v) is 2.11. The van der Waals surface area contributed by atoms with E-state index in [2.05, 4.69) is 0 Å². The Balaban J connectivity index is 4.65. The lowest BCUT2D eigenvalue weighted by Crippen LogP contribution is -2.27. The van der Waals surface area contributed by atoms with Gasteiger partial charge in [0.25, 0.3) is 0 Å². The lowest BCUT2D eigenvalue weighted by Gasteiger charge is -2.24. The highest BCUT2D eigenvalue weighted by Gasteiger charge is 2.37. The first-order valence-electron chi connectivity index (χ1n) is 3.57. The van der Waals surface area contributed by atoms with Crippen LogP contribution in [0.3, 0.4) is 0 Å². The van der Waals surface area contributed by atoms with Crippen molar-refractivity contribution in [3.8, 4) is 0 Å². The monoisotopic (exact) mass is 302 g/mol. The van der Waals surface area contributed by atoms with Crippen molar-refractivity contribution in [2.24, 2.45) is 0 Å². The highest BCUT2D eigenvalue weighted by atomic mass is 35.5. The van der Waals surface area contributed by atoms with Gasteiger partial charge < -0.3 is 0 Å². The zero-order valence-electron chi connectivity index (χ0n) is 6.76. The zero-order valence-corrected chi connectivity index (χ0v) is 11.3. The van der Waals surface area contributed by atoms with Crippen LogP contribution in [-0.2, 0) is 0 Å². The van der Waals surface area contributed by atoms with Gasteiger partial charge in [0.05, 0.1) is 10.4 Å². The molecule has 0 N–H and O–H groups in total. The van der Waals surface area contributed by atoms with E-state index in [9.17, 15) is 0 Å². The first-order chi connectivity index (χ1) is 5.84. The highest BCUT2D eigenvalue weighted by Crippen LogP contribution is 2.43. The molecule has 0 aliphatic rings. The summed E-state index contributed by atoms with van der Waals surface area (Å²) in [6, 6.07) is 0. The largest absolute Gasteiger partial charge is 0.172 e. The van der Waals surface area contributed by atoms with Crippen LogP contribution >= 0.6 is 69.6 Å². The second-order valence-corrected chi connectivity index (χ2v) is 5.69. The number of alkyl halides is 3. The van der Waals surface area contributed by atoms with Gasteiger partial charge in [-0.3, -0.25) is 0 Å². The van der Waals surface area contributed by atoms with Crippen LogP contribution in [0.15, 0.2) is 9.52 Å². The average molecular weight is 305 g/mol. The molecule has 78 valence electrons. The summed E-state index contributed by atoms with van der Waals surface area (Å²) >= 11 is 34.3. The van der Waals surface area contributed by atoms with Crippen molar-refractivity contribution in [3.63, 3.8) is 0 Å². The summed E-state index contributed by atoms with van der Waals surface area (Å²) < 4.78 is -1.58. The maximum Gasteiger partial charge on any atom is 0.172 e. The quantitative estimate of drug-likeness (QED) is 0.606. The highest BCUT2D eigenvalue weighted by molar-refractivity contribution is 6.65. The molecule has 0 aromatic heterocycles. The molecule has 0 amide bonds. The normalized spacial score (nSPS) is 14.1. The number of halogens is 6. The maximum atomic E-state index is 5.91. The third kappa shape index (κ3) is 4.24. The van der Waals surface area contributed by atoms with Crippen molar-refractivity contribution in [2.75, 3.05) is 0 Å². The van der Waals surface area contributed by atoms with Crippen LogP contribution in [0.5, 0.6) is 0 Å². The van der Waals surface area contributed by atoms with Crippen molar-refractivity contribution in [3.05, 3.63) is 9.52 Å². The molecule has 0 saturated carbocycles. The molecule has 1 unspecified atom stereocenters. The smallest absolute Gasteiger partial charge is 0.119 e. The number of allylic oxidation sites excluding steroid dienone is 1. The minimum Gasteiger partial charge on any atom is -0.119 e. The van der Waals surface area contributed by atoms with Crippen LogP contribution in [0.2, 0.25) is 0 Å². The van der Waals surface area contributed by atoms with Crippen LogP contribution in [0.4, 0.5) is 0 Å². The van der Waals surface area contributed by atoms with Crippen molar-refractivity contribution >= 4 is 69.6 Å². The standard InChI is InChI=1S/C7H8Cl6/c1-2-3-4(8)7(12,13)5(9)6(10)11/h4H,2-3H2,1H3. The second kappa shape index (κ2) is 6.15. The topological polar surface area (TPSA) is 0 Å². The summed E-state index contributed by atoms with van der Waals surface area (Å²) in [6.07, 6.45) is 1.48. The fraction of sp³-hybridized carbons (Fsp3) is 0.714. The van der Waals surface area contributed by atoms with Crippen molar-refractivity contribution < 1.29 is 0 Å². The zero-order chi connectivity index (χ0) is 10.6. The Hall–Kier alpha value is 1.48. The predicted molar refractivity (Wildman–Crippen MR) is 63.6 cm³/mol. The average Bonchev–Trinajstić information content (AvgIpc) is 2.03. The van der Waals surface area contributed by atoms with E-state index in [1.54, 1.807) is 0 Å². The van der Waals surface area contributed by atoms with Gasteiger partial charge in [-0.05, 0) is 6.42 Å². The van der Waals surface area contributed by atoms with E-state index in [1.807, 2.05) is 6.92 Å². The van der Waals surface area contributed by atoms with Crippen LogP contribution < -0.4 is 0 Å². The molecule has 0 fully saturated rings. The van der Waals surface area contributed by atoms with Gasteiger partial charge in [-0.1, -0.05) is 71.3 Å². The summed E-state index contributed by atoms with van der Waals surface area (Å²) in [5, 5.41) is -0.548. The second-order valence-electron chi connectivity index (χ2n) is 2.45. The molecule has 0 aromatic rings. The van der Waals surface area contributed by atoms with E-state index >= 15 is 0 Å². The lowest BCUT2D eigenvalue weighted by atomic mass is 10.2. The van der Waals surface area contributed by atoms with E-state index in [-0.39, 0.29) is 9.52 Å². The molecule has 1 atom stereocenters. The van der Waals surface area contributed by atoms with Gasteiger partial charge >= 0.3 is 0 Å². The summed E-state index contributed by atoms with van der Waals surface area (Å²) in [6.45, 7) is 1.96. The molecule has 0 heterocycles. The van der Waals surface area contributed by atoms with E-state index in [0.717, 1.165) is 6.42 Å². The van der Waals surface area contributed by atoms with E-state index in [4.69, 9.17) is 69.6 Å². The fourth-order valence-electron chi connectivity index (χ4n) is 0.698. The molecule has 0 aliphatic heterocycles. The SMILES string of the molecule is CCCC(Cl)C(Cl)(Cl)C(Cl)=C(Cl)Cl. The van der Waals surface area contributed by atoms with Gasteiger partial charge in [0, 0.05) is 0 Å². The molecule has 0 radical (unpaired) electrons. The molecule has 6 heteroatoms. The molecular weight excluding hydrogens is 297 g/mol. The first kappa shape index (κ1) is 14.5. The maximum absolute atomic E-state index is 5.91. The van der Waals surface area contributed by atoms with Crippen LogP contribution in [0.1, 0.15) is 19.8 Å².